The topological polar surface area (TPSA) is 80.5 Å². The highest BCUT2D eigenvalue weighted by Crippen LogP contribution is 2.03. The molecule has 0 bridgehead atoms. The first-order valence-corrected chi connectivity index (χ1v) is 2.70. The van der Waals surface area contributed by atoms with Crippen molar-refractivity contribution in [2.24, 2.45) is 0 Å². The summed E-state index contributed by atoms with van der Waals surface area (Å²) in [6.45, 7) is 0. The summed E-state index contributed by atoms with van der Waals surface area (Å²) >= 11 is 0. The highest BCUT2D eigenvalue weighted by atomic mass is 15.1. The van der Waals surface area contributed by atoms with Crippen molar-refractivity contribution >= 4 is 17.2 Å². The maximum atomic E-state index is 5.33. The minimum Gasteiger partial charge on any atom is -0.369 e. The van der Waals surface area contributed by atoms with Crippen molar-refractivity contribution < 1.29 is 0 Å². The standard InChI is InChI=1S/C5H4N5/c6-5-9-3-4(10-5)8-2-1-7-3/h1H,(H3,6,7,8,9,10). The number of hydrogen-bond donors (Lipinski definition) is 2. The molecular formula is C5H4N5. The second-order valence-electron chi connectivity index (χ2n) is 1.79. The first-order chi connectivity index (χ1) is 4.86. The smallest absolute Gasteiger partial charge is 0.201 e. The van der Waals surface area contributed by atoms with Crippen molar-refractivity contribution in [2.45, 2.75) is 0 Å². The molecule has 2 aromatic rings. The third-order valence-electron chi connectivity index (χ3n) is 1.11. The van der Waals surface area contributed by atoms with Gasteiger partial charge in [-0.3, -0.25) is 0 Å². The van der Waals surface area contributed by atoms with E-state index in [1.54, 1.807) is 0 Å². The third kappa shape index (κ3) is 0.604. The summed E-state index contributed by atoms with van der Waals surface area (Å²) in [5.41, 5.74) is 6.42. The largest absolute Gasteiger partial charge is 0.369 e. The molecule has 0 aliphatic rings. The molecule has 0 atom stereocenters. The molecule has 0 spiro atoms. The first-order valence-electron chi connectivity index (χ1n) is 2.70. The SMILES string of the molecule is Nc1nc2n[c]cnc2[nH]1. The number of rotatable bonds is 0. The van der Waals surface area contributed by atoms with Crippen molar-refractivity contribution in [3.05, 3.63) is 12.4 Å². The van der Waals surface area contributed by atoms with Crippen molar-refractivity contribution in [2.75, 3.05) is 5.73 Å². The van der Waals surface area contributed by atoms with Gasteiger partial charge in [0.15, 0.2) is 11.3 Å². The van der Waals surface area contributed by atoms with E-state index in [0.717, 1.165) is 0 Å². The molecule has 5 heteroatoms. The van der Waals surface area contributed by atoms with Gasteiger partial charge in [-0.25, -0.2) is 9.97 Å². The third-order valence-corrected chi connectivity index (χ3v) is 1.11. The number of aromatic amines is 1. The summed E-state index contributed by atoms with van der Waals surface area (Å²) in [7, 11) is 0. The molecule has 3 N–H and O–H groups in total. The van der Waals surface area contributed by atoms with E-state index in [1.165, 1.54) is 6.20 Å². The Morgan fingerprint density at radius 2 is 2.50 bits per heavy atom. The molecule has 0 saturated heterocycles. The molecule has 0 aliphatic carbocycles. The number of aromatic nitrogens is 4. The van der Waals surface area contributed by atoms with Crippen LogP contribution in [0.2, 0.25) is 0 Å². The van der Waals surface area contributed by atoms with E-state index in [2.05, 4.69) is 26.1 Å². The van der Waals surface area contributed by atoms with E-state index < -0.39 is 0 Å². The summed E-state index contributed by atoms with van der Waals surface area (Å²) in [5.74, 6) is 0.328. The number of nitrogens with zero attached hydrogens (tertiary/aromatic N) is 3. The Morgan fingerprint density at radius 1 is 1.60 bits per heavy atom. The fraction of sp³-hybridized carbons (Fsp3) is 0. The Morgan fingerprint density at radius 3 is 3.30 bits per heavy atom. The molecule has 0 amide bonds. The maximum absolute atomic E-state index is 5.33. The molecule has 49 valence electrons. The molecule has 0 unspecified atom stereocenters. The van der Waals surface area contributed by atoms with Crippen LogP contribution in [0.4, 0.5) is 5.95 Å². The lowest BCUT2D eigenvalue weighted by Crippen LogP contribution is -1.84. The fourth-order valence-electron chi connectivity index (χ4n) is 0.724. The van der Waals surface area contributed by atoms with Crippen LogP contribution in [0, 0.1) is 6.20 Å². The van der Waals surface area contributed by atoms with E-state index in [-0.39, 0.29) is 0 Å². The quantitative estimate of drug-likeness (QED) is 0.520. The van der Waals surface area contributed by atoms with Crippen LogP contribution in [-0.4, -0.2) is 19.9 Å². The zero-order chi connectivity index (χ0) is 6.97. The van der Waals surface area contributed by atoms with Gasteiger partial charge < -0.3 is 10.7 Å². The van der Waals surface area contributed by atoms with Crippen LogP contribution in [0.15, 0.2) is 6.20 Å². The number of nitrogen functional groups attached to an aromatic ring is 1. The summed E-state index contributed by atoms with van der Waals surface area (Å²) in [6.07, 6.45) is 4.01. The average molecular weight is 134 g/mol. The van der Waals surface area contributed by atoms with Crippen molar-refractivity contribution in [3.63, 3.8) is 0 Å². The van der Waals surface area contributed by atoms with E-state index in [0.29, 0.717) is 17.2 Å². The zero-order valence-corrected chi connectivity index (χ0v) is 5.00. The minimum absolute atomic E-state index is 0.328. The molecule has 0 aliphatic heterocycles. The molecule has 0 aromatic carbocycles. The van der Waals surface area contributed by atoms with Crippen LogP contribution < -0.4 is 5.73 Å². The van der Waals surface area contributed by atoms with Crippen LogP contribution in [0.5, 0.6) is 0 Å². The Hall–Kier alpha value is -1.65. The average Bonchev–Trinajstić information content (AvgIpc) is 2.27. The molecule has 5 nitrogen and oxygen atoms in total. The lowest BCUT2D eigenvalue weighted by molar-refractivity contribution is 1.24. The number of nitrogens with one attached hydrogen (secondary N) is 1. The first kappa shape index (κ1) is 5.16. The number of anilines is 1. The van der Waals surface area contributed by atoms with E-state index in [9.17, 15) is 0 Å². The Labute approximate surface area is 56.3 Å². The summed E-state index contributed by atoms with van der Waals surface area (Å²) < 4.78 is 0. The van der Waals surface area contributed by atoms with Crippen LogP contribution in [0.25, 0.3) is 11.3 Å². The second kappa shape index (κ2) is 1.66. The number of H-pyrrole nitrogens is 1. The molecule has 1 radical (unpaired) electrons. The van der Waals surface area contributed by atoms with Crippen molar-refractivity contribution in [1.82, 2.24) is 19.9 Å². The number of hydrogen-bond acceptors (Lipinski definition) is 4. The monoisotopic (exact) mass is 134 g/mol. The van der Waals surface area contributed by atoms with Gasteiger partial charge in [-0.2, -0.15) is 4.98 Å². The predicted molar refractivity (Wildman–Crippen MR) is 34.9 cm³/mol. The Kier molecular flexibility index (Phi) is 0.858. The number of imidazole rings is 1. The number of nitrogens with two attached hydrogens (primary N) is 1. The molecule has 0 fully saturated rings. The predicted octanol–water partition coefficient (Wildman–Crippen LogP) is -0.265. The minimum atomic E-state index is 0.328. The maximum Gasteiger partial charge on any atom is 0.201 e. The molecule has 2 rings (SSSR count). The summed E-state index contributed by atoms with van der Waals surface area (Å²) in [4.78, 5) is 14.2. The fourth-order valence-corrected chi connectivity index (χ4v) is 0.724. The number of fused-ring (bicyclic) bond motifs is 1. The van der Waals surface area contributed by atoms with Crippen LogP contribution in [0.3, 0.4) is 0 Å². The summed E-state index contributed by atoms with van der Waals surface area (Å²) in [6, 6.07) is 0. The second-order valence-corrected chi connectivity index (χ2v) is 1.79. The Balaban J connectivity index is 2.88. The van der Waals surface area contributed by atoms with E-state index in [1.807, 2.05) is 0 Å². The lowest BCUT2D eigenvalue weighted by atomic mass is 10.7. The van der Waals surface area contributed by atoms with Gasteiger partial charge in [-0.15, -0.1) is 0 Å². The van der Waals surface area contributed by atoms with Gasteiger partial charge >= 0.3 is 0 Å². The van der Waals surface area contributed by atoms with Crippen LogP contribution in [0.1, 0.15) is 0 Å². The molecule has 0 saturated carbocycles. The molecular weight excluding hydrogens is 130 g/mol. The van der Waals surface area contributed by atoms with Gasteiger partial charge in [0.2, 0.25) is 5.95 Å². The van der Waals surface area contributed by atoms with E-state index in [4.69, 9.17) is 5.73 Å². The van der Waals surface area contributed by atoms with E-state index >= 15 is 0 Å². The molecule has 2 aromatic heterocycles. The Bertz CT molecular complexity index is 319. The lowest BCUT2D eigenvalue weighted by Gasteiger charge is -1.79. The van der Waals surface area contributed by atoms with Crippen LogP contribution in [-0.2, 0) is 0 Å². The van der Waals surface area contributed by atoms with Crippen LogP contribution >= 0.6 is 0 Å². The zero-order valence-electron chi connectivity index (χ0n) is 5.00. The highest BCUT2D eigenvalue weighted by Gasteiger charge is 1.98. The van der Waals surface area contributed by atoms with Gasteiger partial charge in [-0.05, 0) is 0 Å². The van der Waals surface area contributed by atoms with Crippen molar-refractivity contribution in [3.8, 4) is 0 Å². The van der Waals surface area contributed by atoms with Crippen molar-refractivity contribution in [1.29, 1.82) is 0 Å². The van der Waals surface area contributed by atoms with Gasteiger partial charge in [0.25, 0.3) is 0 Å². The van der Waals surface area contributed by atoms with Gasteiger partial charge in [-0.1, -0.05) is 0 Å². The molecule has 10 heavy (non-hydrogen) atoms. The normalized spacial score (nSPS) is 10.4. The summed E-state index contributed by atoms with van der Waals surface area (Å²) in [5, 5.41) is 0. The highest BCUT2D eigenvalue weighted by molar-refractivity contribution is 5.67. The van der Waals surface area contributed by atoms with Gasteiger partial charge in [0.05, 0.1) is 6.20 Å². The van der Waals surface area contributed by atoms with Gasteiger partial charge in [0, 0.05) is 0 Å². The molecule has 2 heterocycles. The van der Waals surface area contributed by atoms with Gasteiger partial charge in [0.1, 0.15) is 6.20 Å².